The smallest absolute Gasteiger partial charge is 0.503 e. The standard InChI is InChI=1S/C45H27N5O.Pt/c1-2-11-31(12-3-1)49-41-18-7-5-16-37(41)38-28-42-30(25-43(38)49)24-29-10-9-21-46-44(29)50(42)32-13-8-14-33(26-32)51-34-19-20-35-36-15-4-6-17-40(36)48-23-22-47-45(48)39(35)27-34;/h1-23,25,28H,24H2;/q-2;+2. The number of fused-ring (bicyclic) bond motifs is 11. The summed E-state index contributed by atoms with van der Waals surface area (Å²) < 4.78 is 11.0. The molecule has 0 radical (unpaired) electrons. The number of nitrogens with zero attached hydrogens (tertiary/aromatic N) is 5. The number of imidazole rings is 1. The molecule has 6 aromatic carbocycles. The van der Waals surface area contributed by atoms with Crippen LogP contribution in [-0.2, 0) is 27.5 Å². The number of hydrogen-bond donors (Lipinski definition) is 0. The van der Waals surface area contributed by atoms with E-state index in [-0.39, 0.29) is 21.1 Å². The maximum atomic E-state index is 6.51. The number of benzene rings is 6. The molecule has 0 saturated carbocycles. The first kappa shape index (κ1) is 30.6. The number of rotatable bonds is 4. The van der Waals surface area contributed by atoms with Gasteiger partial charge in [0.15, 0.2) is 0 Å². The van der Waals surface area contributed by atoms with E-state index >= 15 is 0 Å². The summed E-state index contributed by atoms with van der Waals surface area (Å²) in [5.74, 6) is 2.09. The van der Waals surface area contributed by atoms with Gasteiger partial charge < -0.3 is 18.6 Å². The molecule has 248 valence electrons. The first-order chi connectivity index (χ1) is 25.3. The van der Waals surface area contributed by atoms with E-state index in [1.807, 2.05) is 42.9 Å². The largest absolute Gasteiger partial charge is 2.00 e. The van der Waals surface area contributed by atoms with Crippen LogP contribution >= 0.6 is 0 Å². The number of para-hydroxylation sites is 3. The zero-order valence-electron chi connectivity index (χ0n) is 27.6. The molecule has 5 heterocycles. The van der Waals surface area contributed by atoms with Crippen LogP contribution in [0.2, 0.25) is 0 Å². The maximum Gasteiger partial charge on any atom is 2.00 e. The van der Waals surface area contributed by atoms with Gasteiger partial charge in [0.2, 0.25) is 0 Å². The molecule has 0 aliphatic carbocycles. The average Bonchev–Trinajstić information content (AvgIpc) is 3.80. The van der Waals surface area contributed by atoms with Crippen LogP contribution in [0, 0.1) is 12.1 Å². The van der Waals surface area contributed by atoms with Crippen molar-refractivity contribution >= 4 is 66.3 Å². The third-order valence-electron chi connectivity index (χ3n) is 10.0. The second-order valence-electron chi connectivity index (χ2n) is 12.9. The van der Waals surface area contributed by atoms with Crippen molar-refractivity contribution < 1.29 is 25.8 Å². The van der Waals surface area contributed by atoms with Crippen LogP contribution in [0.25, 0.3) is 54.8 Å². The molecular formula is C45H27N5OPt. The molecule has 0 bridgehead atoms. The quantitative estimate of drug-likeness (QED) is 0.131. The van der Waals surface area contributed by atoms with Gasteiger partial charge in [-0.2, -0.15) is 6.07 Å². The monoisotopic (exact) mass is 848 g/mol. The van der Waals surface area contributed by atoms with Gasteiger partial charge in [-0.25, -0.2) is 4.98 Å². The van der Waals surface area contributed by atoms with Crippen LogP contribution < -0.4 is 9.64 Å². The number of anilines is 3. The molecule has 11 rings (SSSR count). The fraction of sp³-hybridized carbons (Fsp3) is 0.0222. The molecule has 7 heteroatoms. The Morgan fingerprint density at radius 1 is 0.577 bits per heavy atom. The van der Waals surface area contributed by atoms with Crippen molar-refractivity contribution in [2.24, 2.45) is 0 Å². The second-order valence-corrected chi connectivity index (χ2v) is 12.9. The Bertz CT molecular complexity index is 3000. The molecule has 0 atom stereocenters. The third-order valence-corrected chi connectivity index (χ3v) is 10.0. The molecule has 10 aromatic rings. The van der Waals surface area contributed by atoms with Crippen molar-refractivity contribution in [3.63, 3.8) is 0 Å². The zero-order chi connectivity index (χ0) is 33.5. The van der Waals surface area contributed by atoms with Gasteiger partial charge in [-0.05, 0) is 59.0 Å². The number of hydrogen-bond acceptors (Lipinski definition) is 4. The van der Waals surface area contributed by atoms with Crippen LogP contribution in [0.5, 0.6) is 11.5 Å². The van der Waals surface area contributed by atoms with Crippen LogP contribution in [0.15, 0.2) is 152 Å². The molecule has 1 aliphatic heterocycles. The van der Waals surface area contributed by atoms with Crippen LogP contribution in [-0.4, -0.2) is 18.9 Å². The molecule has 6 nitrogen and oxygen atoms in total. The van der Waals surface area contributed by atoms with Gasteiger partial charge >= 0.3 is 21.1 Å². The summed E-state index contributed by atoms with van der Waals surface area (Å²) in [6.45, 7) is 0. The first-order valence-corrected chi connectivity index (χ1v) is 17.0. The number of aromatic nitrogens is 4. The molecule has 0 saturated heterocycles. The fourth-order valence-electron chi connectivity index (χ4n) is 7.86. The van der Waals surface area contributed by atoms with Gasteiger partial charge in [0, 0.05) is 64.2 Å². The van der Waals surface area contributed by atoms with Crippen LogP contribution in [0.1, 0.15) is 11.1 Å². The molecule has 4 aromatic heterocycles. The summed E-state index contributed by atoms with van der Waals surface area (Å²) in [4.78, 5) is 11.8. The molecule has 0 unspecified atom stereocenters. The summed E-state index contributed by atoms with van der Waals surface area (Å²) in [6, 6.07) is 53.7. The van der Waals surface area contributed by atoms with E-state index in [0.29, 0.717) is 11.5 Å². The van der Waals surface area contributed by atoms with Gasteiger partial charge in [-0.3, -0.25) is 4.98 Å². The van der Waals surface area contributed by atoms with E-state index < -0.39 is 0 Å². The minimum absolute atomic E-state index is 0. The third kappa shape index (κ3) is 4.61. The minimum Gasteiger partial charge on any atom is -0.503 e. The summed E-state index contributed by atoms with van der Waals surface area (Å²) in [5.41, 5.74) is 9.78. The fourth-order valence-corrected chi connectivity index (χ4v) is 7.86. The Kier molecular flexibility index (Phi) is 7.02. The van der Waals surface area contributed by atoms with E-state index in [0.717, 1.165) is 62.2 Å². The van der Waals surface area contributed by atoms with E-state index in [9.17, 15) is 0 Å². The van der Waals surface area contributed by atoms with E-state index in [1.54, 1.807) is 0 Å². The van der Waals surface area contributed by atoms with Crippen LogP contribution in [0.4, 0.5) is 17.2 Å². The molecular weight excluding hydrogens is 822 g/mol. The maximum absolute atomic E-state index is 6.51. The summed E-state index contributed by atoms with van der Waals surface area (Å²) in [5, 5.41) is 5.54. The van der Waals surface area contributed by atoms with E-state index in [1.165, 1.54) is 27.4 Å². The topological polar surface area (TPSA) is 47.6 Å². The normalized spacial score (nSPS) is 12.3. The first-order valence-electron chi connectivity index (χ1n) is 17.0. The molecule has 1 aliphatic rings. The Labute approximate surface area is 313 Å². The molecule has 0 fully saturated rings. The predicted octanol–water partition coefficient (Wildman–Crippen LogP) is 10.9. The van der Waals surface area contributed by atoms with Gasteiger partial charge in [0.25, 0.3) is 0 Å². The Hall–Kier alpha value is -6.23. The summed E-state index contributed by atoms with van der Waals surface area (Å²) in [6.07, 6.45) is 6.46. The Morgan fingerprint density at radius 2 is 1.37 bits per heavy atom. The summed E-state index contributed by atoms with van der Waals surface area (Å²) >= 11 is 0. The van der Waals surface area contributed by atoms with Gasteiger partial charge in [0.05, 0.1) is 16.7 Å². The van der Waals surface area contributed by atoms with Crippen molar-refractivity contribution in [3.05, 3.63) is 175 Å². The molecule has 0 amide bonds. The Balaban J connectivity index is 0.00000338. The minimum atomic E-state index is 0. The SMILES string of the molecule is [Pt+2].[c-]1c(Oc2[c-]c3c(cc2)c2ccccc2n2ccnc32)cccc1N1c2cc3c4ccccc4n(-c4ccccc4)c3cc2Cc2cccnc21. The average molecular weight is 849 g/mol. The van der Waals surface area contributed by atoms with E-state index in [2.05, 4.69) is 140 Å². The zero-order valence-corrected chi connectivity index (χ0v) is 29.9. The molecule has 52 heavy (non-hydrogen) atoms. The van der Waals surface area contributed by atoms with Gasteiger partial charge in [0.1, 0.15) is 5.82 Å². The molecule has 0 spiro atoms. The predicted molar refractivity (Wildman–Crippen MR) is 204 cm³/mol. The van der Waals surface area contributed by atoms with Crippen molar-refractivity contribution in [2.45, 2.75) is 6.42 Å². The number of pyridine rings is 2. The van der Waals surface area contributed by atoms with Gasteiger partial charge in [-0.1, -0.05) is 83.2 Å². The molecule has 0 N–H and O–H groups in total. The van der Waals surface area contributed by atoms with Crippen molar-refractivity contribution in [1.29, 1.82) is 0 Å². The summed E-state index contributed by atoms with van der Waals surface area (Å²) in [7, 11) is 0. The van der Waals surface area contributed by atoms with E-state index in [4.69, 9.17) is 9.72 Å². The second kappa shape index (κ2) is 11.9. The van der Waals surface area contributed by atoms with Crippen molar-refractivity contribution in [2.75, 3.05) is 4.90 Å². The van der Waals surface area contributed by atoms with Crippen molar-refractivity contribution in [3.8, 4) is 17.2 Å². The van der Waals surface area contributed by atoms with Gasteiger partial charge in [-0.15, -0.1) is 30.3 Å². The van der Waals surface area contributed by atoms with Crippen molar-refractivity contribution in [1.82, 2.24) is 18.9 Å². The van der Waals surface area contributed by atoms with Crippen LogP contribution in [0.3, 0.4) is 0 Å². The number of ether oxygens (including phenoxy) is 1. The Morgan fingerprint density at radius 3 is 2.25 bits per heavy atom.